The largest absolute Gasteiger partial charge is 0.469 e. The van der Waals surface area contributed by atoms with Crippen LogP contribution in [0.15, 0.2) is 29.0 Å². The van der Waals surface area contributed by atoms with Crippen LogP contribution in [0.1, 0.15) is 22.3 Å². The molecule has 0 unspecified atom stereocenters. The van der Waals surface area contributed by atoms with Crippen molar-refractivity contribution < 1.29 is 9.21 Å². The van der Waals surface area contributed by atoms with Crippen molar-refractivity contribution in [3.05, 3.63) is 36.0 Å². The van der Waals surface area contributed by atoms with Gasteiger partial charge in [-0.15, -0.1) is 5.10 Å². The highest BCUT2D eigenvalue weighted by molar-refractivity contribution is 5.91. The molecule has 1 aliphatic heterocycles. The Balaban J connectivity index is 1.50. The fourth-order valence-electron chi connectivity index (χ4n) is 1.86. The SMILES string of the molecule is O=C(NCCc1ccco1)c1cn(C2CNC2)nn1. The average Bonchev–Trinajstić information content (AvgIpc) is 2.97. The second kappa shape index (κ2) is 5.23. The van der Waals surface area contributed by atoms with Crippen LogP contribution in [0.3, 0.4) is 0 Å². The van der Waals surface area contributed by atoms with Crippen molar-refractivity contribution >= 4 is 5.91 Å². The molecule has 7 nitrogen and oxygen atoms in total. The highest BCUT2D eigenvalue weighted by Crippen LogP contribution is 2.09. The van der Waals surface area contributed by atoms with Crippen molar-refractivity contribution in [2.75, 3.05) is 19.6 Å². The Morgan fingerprint density at radius 3 is 3.16 bits per heavy atom. The summed E-state index contributed by atoms with van der Waals surface area (Å²) in [6.07, 6.45) is 3.97. The average molecular weight is 261 g/mol. The van der Waals surface area contributed by atoms with Crippen LogP contribution in [-0.4, -0.2) is 40.5 Å². The van der Waals surface area contributed by atoms with Crippen LogP contribution < -0.4 is 10.6 Å². The quantitative estimate of drug-likeness (QED) is 0.790. The maximum atomic E-state index is 11.8. The maximum Gasteiger partial charge on any atom is 0.273 e. The predicted molar refractivity (Wildman–Crippen MR) is 66.7 cm³/mol. The summed E-state index contributed by atoms with van der Waals surface area (Å²) in [5.41, 5.74) is 0.353. The number of nitrogens with one attached hydrogen (secondary N) is 2. The number of carbonyl (C=O) groups is 1. The fourth-order valence-corrected chi connectivity index (χ4v) is 1.86. The van der Waals surface area contributed by atoms with Gasteiger partial charge in [-0.2, -0.15) is 0 Å². The number of amides is 1. The summed E-state index contributed by atoms with van der Waals surface area (Å²) in [6.45, 7) is 2.27. The maximum absolute atomic E-state index is 11.8. The molecule has 0 saturated carbocycles. The van der Waals surface area contributed by atoms with Crippen molar-refractivity contribution in [1.29, 1.82) is 0 Å². The lowest BCUT2D eigenvalue weighted by Gasteiger charge is -2.26. The fraction of sp³-hybridized carbons (Fsp3) is 0.417. The molecule has 19 heavy (non-hydrogen) atoms. The molecule has 2 N–H and O–H groups in total. The molecule has 1 amide bonds. The topological polar surface area (TPSA) is 85.0 Å². The molecule has 1 aliphatic rings. The summed E-state index contributed by atoms with van der Waals surface area (Å²) in [5, 5.41) is 13.8. The minimum absolute atomic E-state index is 0.204. The van der Waals surface area contributed by atoms with Gasteiger partial charge in [0, 0.05) is 26.1 Å². The summed E-state index contributed by atoms with van der Waals surface area (Å²) in [4.78, 5) is 11.8. The van der Waals surface area contributed by atoms with Crippen LogP contribution in [0.2, 0.25) is 0 Å². The first-order valence-corrected chi connectivity index (χ1v) is 6.26. The predicted octanol–water partition coefficient (Wildman–Crippen LogP) is -0.0121. The molecule has 1 fully saturated rings. The highest BCUT2D eigenvalue weighted by atomic mass is 16.3. The van der Waals surface area contributed by atoms with E-state index < -0.39 is 0 Å². The van der Waals surface area contributed by atoms with Gasteiger partial charge >= 0.3 is 0 Å². The van der Waals surface area contributed by atoms with E-state index in [0.717, 1.165) is 18.8 Å². The van der Waals surface area contributed by atoms with E-state index in [4.69, 9.17) is 4.42 Å². The third-order valence-electron chi connectivity index (χ3n) is 3.11. The zero-order valence-electron chi connectivity index (χ0n) is 10.4. The highest BCUT2D eigenvalue weighted by Gasteiger charge is 2.21. The van der Waals surface area contributed by atoms with E-state index >= 15 is 0 Å². The molecule has 3 heterocycles. The summed E-state index contributed by atoms with van der Waals surface area (Å²) >= 11 is 0. The summed E-state index contributed by atoms with van der Waals surface area (Å²) in [5.74, 6) is 0.648. The third-order valence-corrected chi connectivity index (χ3v) is 3.11. The molecule has 0 aromatic carbocycles. The van der Waals surface area contributed by atoms with Gasteiger partial charge in [0.05, 0.1) is 18.5 Å². The molecule has 0 aliphatic carbocycles. The van der Waals surface area contributed by atoms with Gasteiger partial charge in [0.2, 0.25) is 0 Å². The molecule has 0 spiro atoms. The summed E-state index contributed by atoms with van der Waals surface area (Å²) in [6, 6.07) is 4.03. The van der Waals surface area contributed by atoms with E-state index in [9.17, 15) is 4.79 Å². The van der Waals surface area contributed by atoms with Crippen LogP contribution in [0.4, 0.5) is 0 Å². The number of furan rings is 1. The first kappa shape index (κ1) is 11.9. The number of carbonyl (C=O) groups excluding carboxylic acids is 1. The number of hydrogen-bond acceptors (Lipinski definition) is 5. The number of hydrogen-bond donors (Lipinski definition) is 2. The van der Waals surface area contributed by atoms with Gasteiger partial charge in [0.15, 0.2) is 5.69 Å². The Labute approximate surface area is 110 Å². The van der Waals surface area contributed by atoms with E-state index in [1.165, 1.54) is 0 Å². The Bertz CT molecular complexity index is 544. The van der Waals surface area contributed by atoms with Crippen molar-refractivity contribution in [1.82, 2.24) is 25.6 Å². The molecule has 7 heteroatoms. The molecule has 0 atom stereocenters. The van der Waals surface area contributed by atoms with Crippen molar-refractivity contribution in [2.24, 2.45) is 0 Å². The number of aromatic nitrogens is 3. The Hall–Kier alpha value is -2.15. The Morgan fingerprint density at radius 1 is 1.58 bits per heavy atom. The zero-order valence-corrected chi connectivity index (χ0v) is 10.4. The molecule has 0 radical (unpaired) electrons. The van der Waals surface area contributed by atoms with Crippen molar-refractivity contribution in [3.8, 4) is 0 Å². The van der Waals surface area contributed by atoms with Crippen LogP contribution in [0.25, 0.3) is 0 Å². The smallest absolute Gasteiger partial charge is 0.273 e. The van der Waals surface area contributed by atoms with Crippen molar-refractivity contribution in [2.45, 2.75) is 12.5 Å². The summed E-state index contributed by atoms with van der Waals surface area (Å²) in [7, 11) is 0. The lowest BCUT2D eigenvalue weighted by molar-refractivity contribution is 0.0948. The minimum Gasteiger partial charge on any atom is -0.469 e. The van der Waals surface area contributed by atoms with Gasteiger partial charge in [0.1, 0.15) is 5.76 Å². The van der Waals surface area contributed by atoms with E-state index in [2.05, 4.69) is 20.9 Å². The third kappa shape index (κ3) is 2.65. The molecular weight excluding hydrogens is 246 g/mol. The first-order valence-electron chi connectivity index (χ1n) is 6.26. The number of nitrogens with zero attached hydrogens (tertiary/aromatic N) is 3. The van der Waals surface area contributed by atoms with Crippen molar-refractivity contribution in [3.63, 3.8) is 0 Å². The van der Waals surface area contributed by atoms with E-state index in [0.29, 0.717) is 24.7 Å². The Kier molecular flexibility index (Phi) is 3.28. The van der Waals surface area contributed by atoms with Crippen LogP contribution in [0.5, 0.6) is 0 Å². The normalized spacial score (nSPS) is 15.2. The monoisotopic (exact) mass is 261 g/mol. The number of rotatable bonds is 5. The van der Waals surface area contributed by atoms with E-state index in [1.54, 1.807) is 17.1 Å². The van der Waals surface area contributed by atoms with Gasteiger partial charge in [-0.05, 0) is 12.1 Å². The van der Waals surface area contributed by atoms with Crippen LogP contribution in [0, 0.1) is 0 Å². The minimum atomic E-state index is -0.204. The van der Waals surface area contributed by atoms with Gasteiger partial charge in [0.25, 0.3) is 5.91 Å². The van der Waals surface area contributed by atoms with E-state index in [-0.39, 0.29) is 5.91 Å². The molecule has 1 saturated heterocycles. The van der Waals surface area contributed by atoms with Gasteiger partial charge in [-0.1, -0.05) is 5.21 Å². The molecule has 2 aromatic heterocycles. The van der Waals surface area contributed by atoms with Crippen LogP contribution in [-0.2, 0) is 6.42 Å². The molecular formula is C12H15N5O2. The zero-order chi connectivity index (χ0) is 13.1. The Morgan fingerprint density at radius 2 is 2.47 bits per heavy atom. The standard InChI is InChI=1S/C12H15N5O2/c18-12(14-4-3-10-2-1-5-19-10)11-8-17(16-15-11)9-6-13-7-9/h1-2,5,8-9,13H,3-4,6-7H2,(H,14,18). The molecule has 2 aromatic rings. The second-order valence-corrected chi connectivity index (χ2v) is 4.48. The first-order chi connectivity index (χ1) is 9.33. The molecule has 0 bridgehead atoms. The molecule has 3 rings (SSSR count). The van der Waals surface area contributed by atoms with Gasteiger partial charge in [-0.3, -0.25) is 4.79 Å². The van der Waals surface area contributed by atoms with E-state index in [1.807, 2.05) is 12.1 Å². The van der Waals surface area contributed by atoms with Gasteiger partial charge < -0.3 is 15.1 Å². The van der Waals surface area contributed by atoms with Crippen LogP contribution >= 0.6 is 0 Å². The second-order valence-electron chi connectivity index (χ2n) is 4.48. The summed E-state index contributed by atoms with van der Waals surface area (Å²) < 4.78 is 6.92. The lowest BCUT2D eigenvalue weighted by Crippen LogP contribution is -2.43. The lowest BCUT2D eigenvalue weighted by atomic mass is 10.2. The van der Waals surface area contributed by atoms with Gasteiger partial charge in [-0.25, -0.2) is 4.68 Å². The molecule has 100 valence electrons.